The van der Waals surface area contributed by atoms with Crippen LogP contribution in [0.1, 0.15) is 55.8 Å². The Morgan fingerprint density at radius 1 is 1.33 bits per heavy atom. The zero-order valence-corrected chi connectivity index (χ0v) is 13.2. The molecule has 1 amide bonds. The molecule has 1 aromatic carbocycles. The third kappa shape index (κ3) is 3.34. The summed E-state index contributed by atoms with van der Waals surface area (Å²) in [6.07, 6.45) is 7.50. The molecule has 0 bridgehead atoms. The van der Waals surface area contributed by atoms with Gasteiger partial charge in [-0.05, 0) is 69.1 Å². The first kappa shape index (κ1) is 14.7. The number of halogens is 1. The number of hydrogen-bond donors (Lipinski definition) is 1. The van der Waals surface area contributed by atoms with Crippen LogP contribution in [-0.2, 0) is 0 Å². The molecule has 1 N–H and O–H groups in total. The van der Waals surface area contributed by atoms with Gasteiger partial charge in [-0.25, -0.2) is 0 Å². The van der Waals surface area contributed by atoms with Crippen LogP contribution in [0.3, 0.4) is 0 Å². The van der Waals surface area contributed by atoms with E-state index in [1.807, 2.05) is 6.92 Å². The van der Waals surface area contributed by atoms with E-state index in [4.69, 9.17) is 16.3 Å². The summed E-state index contributed by atoms with van der Waals surface area (Å²) < 4.78 is 5.53. The van der Waals surface area contributed by atoms with E-state index in [2.05, 4.69) is 5.32 Å². The fourth-order valence-electron chi connectivity index (χ4n) is 3.27. The smallest absolute Gasteiger partial charge is 0.255 e. The highest BCUT2D eigenvalue weighted by atomic mass is 35.5. The second kappa shape index (κ2) is 5.88. The first-order chi connectivity index (χ1) is 10.1. The second-order valence-corrected chi connectivity index (χ2v) is 6.76. The van der Waals surface area contributed by atoms with Crippen LogP contribution in [0.15, 0.2) is 18.2 Å². The summed E-state index contributed by atoms with van der Waals surface area (Å²) in [5, 5.41) is 3.74. The molecule has 2 aliphatic carbocycles. The Balaban J connectivity index is 1.64. The maximum absolute atomic E-state index is 12.5. The summed E-state index contributed by atoms with van der Waals surface area (Å²) in [5.74, 6) is 0.517. The Morgan fingerprint density at radius 3 is 2.67 bits per heavy atom. The zero-order valence-electron chi connectivity index (χ0n) is 12.5. The minimum absolute atomic E-state index is 0.0492. The number of rotatable bonds is 4. The standard InChI is InChI=1S/C17H22ClNO2/c1-2-21-15-11-12(18)3-4-14(15)16(20)19-13-5-7-17(8-6-13)9-10-17/h3-4,11,13H,2,5-10H2,1H3,(H,19,20). The van der Waals surface area contributed by atoms with Crippen molar-refractivity contribution in [2.24, 2.45) is 5.41 Å². The second-order valence-electron chi connectivity index (χ2n) is 6.32. The maximum atomic E-state index is 12.5. The minimum atomic E-state index is -0.0492. The number of carbonyl (C=O) groups is 1. The molecule has 0 aromatic heterocycles. The van der Waals surface area contributed by atoms with Crippen molar-refractivity contribution >= 4 is 17.5 Å². The van der Waals surface area contributed by atoms with E-state index in [-0.39, 0.29) is 5.91 Å². The molecule has 4 heteroatoms. The predicted molar refractivity (Wildman–Crippen MR) is 84.0 cm³/mol. The van der Waals surface area contributed by atoms with Crippen molar-refractivity contribution in [1.82, 2.24) is 5.32 Å². The van der Waals surface area contributed by atoms with Crippen LogP contribution in [0, 0.1) is 5.41 Å². The van der Waals surface area contributed by atoms with Gasteiger partial charge in [0.15, 0.2) is 0 Å². The first-order valence-corrected chi connectivity index (χ1v) is 8.23. The van der Waals surface area contributed by atoms with Gasteiger partial charge in [0.1, 0.15) is 5.75 Å². The van der Waals surface area contributed by atoms with Crippen LogP contribution in [0.4, 0.5) is 0 Å². The summed E-state index contributed by atoms with van der Waals surface area (Å²) in [6, 6.07) is 5.49. The predicted octanol–water partition coefficient (Wildman–Crippen LogP) is 4.19. The SMILES string of the molecule is CCOc1cc(Cl)ccc1C(=O)NC1CCC2(CC1)CC2. The van der Waals surface area contributed by atoms with Gasteiger partial charge in [0.2, 0.25) is 0 Å². The van der Waals surface area contributed by atoms with Crippen LogP contribution < -0.4 is 10.1 Å². The van der Waals surface area contributed by atoms with Gasteiger partial charge in [0.05, 0.1) is 12.2 Å². The third-order valence-corrected chi connectivity index (χ3v) is 5.06. The van der Waals surface area contributed by atoms with E-state index in [1.54, 1.807) is 18.2 Å². The molecule has 2 saturated carbocycles. The fraction of sp³-hybridized carbons (Fsp3) is 0.588. The van der Waals surface area contributed by atoms with Crippen molar-refractivity contribution in [2.75, 3.05) is 6.61 Å². The molecule has 2 aliphatic rings. The Labute approximate surface area is 131 Å². The molecule has 0 aliphatic heterocycles. The van der Waals surface area contributed by atoms with Crippen molar-refractivity contribution < 1.29 is 9.53 Å². The number of ether oxygens (including phenoxy) is 1. The number of carbonyl (C=O) groups excluding carboxylic acids is 1. The summed E-state index contributed by atoms with van der Waals surface area (Å²) in [5.41, 5.74) is 1.23. The van der Waals surface area contributed by atoms with Crippen LogP contribution in [0.5, 0.6) is 5.75 Å². The van der Waals surface area contributed by atoms with Crippen LogP contribution in [0.2, 0.25) is 5.02 Å². The maximum Gasteiger partial charge on any atom is 0.255 e. The van der Waals surface area contributed by atoms with Crippen molar-refractivity contribution in [2.45, 2.75) is 51.5 Å². The molecule has 0 saturated heterocycles. The normalized spacial score (nSPS) is 20.3. The highest BCUT2D eigenvalue weighted by Crippen LogP contribution is 2.56. The summed E-state index contributed by atoms with van der Waals surface area (Å²) in [6.45, 7) is 2.42. The van der Waals surface area contributed by atoms with E-state index in [1.165, 1.54) is 25.7 Å². The van der Waals surface area contributed by atoms with Crippen LogP contribution in [-0.4, -0.2) is 18.6 Å². The van der Waals surface area contributed by atoms with Crippen molar-refractivity contribution in [1.29, 1.82) is 0 Å². The molecule has 3 rings (SSSR count). The molecular formula is C17H22ClNO2. The van der Waals surface area contributed by atoms with Gasteiger partial charge in [0, 0.05) is 11.1 Å². The largest absolute Gasteiger partial charge is 0.493 e. The van der Waals surface area contributed by atoms with Crippen molar-refractivity contribution in [3.63, 3.8) is 0 Å². The van der Waals surface area contributed by atoms with Gasteiger partial charge in [-0.1, -0.05) is 11.6 Å². The lowest BCUT2D eigenvalue weighted by molar-refractivity contribution is 0.0915. The Kier molecular flexibility index (Phi) is 4.12. The highest BCUT2D eigenvalue weighted by Gasteiger charge is 2.44. The average Bonchev–Trinajstić information content (AvgIpc) is 3.22. The minimum Gasteiger partial charge on any atom is -0.493 e. The molecule has 2 fully saturated rings. The summed E-state index contributed by atoms with van der Waals surface area (Å²) >= 11 is 5.98. The Bertz CT molecular complexity index is 530. The monoisotopic (exact) mass is 307 g/mol. The highest BCUT2D eigenvalue weighted by molar-refractivity contribution is 6.30. The Morgan fingerprint density at radius 2 is 2.05 bits per heavy atom. The zero-order chi connectivity index (χ0) is 14.9. The third-order valence-electron chi connectivity index (χ3n) is 4.83. The van der Waals surface area contributed by atoms with Crippen LogP contribution in [0.25, 0.3) is 0 Å². The molecule has 21 heavy (non-hydrogen) atoms. The Hall–Kier alpha value is -1.22. The lowest BCUT2D eigenvalue weighted by atomic mass is 9.83. The molecular weight excluding hydrogens is 286 g/mol. The molecule has 114 valence electrons. The molecule has 1 aromatic rings. The molecule has 0 atom stereocenters. The van der Waals surface area contributed by atoms with Crippen molar-refractivity contribution in [3.05, 3.63) is 28.8 Å². The quantitative estimate of drug-likeness (QED) is 0.905. The van der Waals surface area contributed by atoms with Gasteiger partial charge in [-0.15, -0.1) is 0 Å². The molecule has 3 nitrogen and oxygen atoms in total. The van der Waals surface area contributed by atoms with E-state index < -0.39 is 0 Å². The van der Waals surface area contributed by atoms with Gasteiger partial charge < -0.3 is 10.1 Å². The van der Waals surface area contributed by atoms with Gasteiger partial charge in [-0.3, -0.25) is 4.79 Å². The summed E-state index contributed by atoms with van der Waals surface area (Å²) in [4.78, 5) is 12.5. The average molecular weight is 308 g/mol. The van der Waals surface area contributed by atoms with Gasteiger partial charge >= 0.3 is 0 Å². The summed E-state index contributed by atoms with van der Waals surface area (Å²) in [7, 11) is 0. The number of benzene rings is 1. The topological polar surface area (TPSA) is 38.3 Å². The van der Waals surface area contributed by atoms with E-state index in [0.29, 0.717) is 34.4 Å². The number of hydrogen-bond acceptors (Lipinski definition) is 2. The van der Waals surface area contributed by atoms with Crippen LogP contribution >= 0.6 is 11.6 Å². The lowest BCUT2D eigenvalue weighted by Crippen LogP contribution is -2.38. The molecule has 0 unspecified atom stereocenters. The molecule has 0 radical (unpaired) electrons. The molecule has 0 heterocycles. The fourth-order valence-corrected chi connectivity index (χ4v) is 3.44. The van der Waals surface area contributed by atoms with Gasteiger partial charge in [-0.2, -0.15) is 0 Å². The van der Waals surface area contributed by atoms with E-state index >= 15 is 0 Å². The van der Waals surface area contributed by atoms with E-state index in [0.717, 1.165) is 12.8 Å². The number of amides is 1. The van der Waals surface area contributed by atoms with Crippen molar-refractivity contribution in [3.8, 4) is 5.75 Å². The lowest BCUT2D eigenvalue weighted by Gasteiger charge is -2.29. The first-order valence-electron chi connectivity index (χ1n) is 7.85. The van der Waals surface area contributed by atoms with E-state index in [9.17, 15) is 4.79 Å². The number of nitrogens with one attached hydrogen (secondary N) is 1. The van der Waals surface area contributed by atoms with Gasteiger partial charge in [0.25, 0.3) is 5.91 Å². The molecule has 1 spiro atoms.